The number of ether oxygens (including phenoxy) is 1. The number of aromatic nitrogens is 3. The SMILES string of the molecule is CCOc1ccccc1NC(=O)N1CCC(n2cc(C3CC3)nn2)C1. The first kappa shape index (κ1) is 15.9. The van der Waals surface area contributed by atoms with Gasteiger partial charge in [-0.2, -0.15) is 0 Å². The molecule has 2 aliphatic rings. The summed E-state index contributed by atoms with van der Waals surface area (Å²) in [5.74, 6) is 1.30. The van der Waals surface area contributed by atoms with Gasteiger partial charge in [-0.25, -0.2) is 9.48 Å². The van der Waals surface area contributed by atoms with Crippen molar-refractivity contribution in [3.63, 3.8) is 0 Å². The first-order valence-corrected chi connectivity index (χ1v) is 8.94. The quantitative estimate of drug-likeness (QED) is 0.907. The number of nitrogens with zero attached hydrogens (tertiary/aromatic N) is 4. The van der Waals surface area contributed by atoms with Gasteiger partial charge in [0, 0.05) is 25.2 Å². The number of carbonyl (C=O) groups is 1. The fourth-order valence-corrected chi connectivity index (χ4v) is 3.22. The number of para-hydroxylation sites is 2. The third kappa shape index (κ3) is 3.45. The minimum atomic E-state index is -0.0998. The van der Waals surface area contributed by atoms with E-state index in [1.54, 1.807) is 0 Å². The van der Waals surface area contributed by atoms with Gasteiger partial charge in [0.15, 0.2) is 0 Å². The van der Waals surface area contributed by atoms with Gasteiger partial charge in [-0.05, 0) is 38.3 Å². The highest BCUT2D eigenvalue weighted by atomic mass is 16.5. The zero-order valence-electron chi connectivity index (χ0n) is 14.4. The Morgan fingerprint density at radius 1 is 1.32 bits per heavy atom. The van der Waals surface area contributed by atoms with Crippen LogP contribution in [-0.2, 0) is 0 Å². The highest BCUT2D eigenvalue weighted by Crippen LogP contribution is 2.39. The summed E-state index contributed by atoms with van der Waals surface area (Å²) in [5.41, 5.74) is 1.79. The predicted molar refractivity (Wildman–Crippen MR) is 93.9 cm³/mol. The van der Waals surface area contributed by atoms with Crippen molar-refractivity contribution in [3.05, 3.63) is 36.2 Å². The molecule has 7 heteroatoms. The molecule has 25 heavy (non-hydrogen) atoms. The molecule has 2 amide bonds. The molecule has 1 unspecified atom stereocenters. The summed E-state index contributed by atoms with van der Waals surface area (Å²) >= 11 is 0. The van der Waals surface area contributed by atoms with Gasteiger partial charge in [0.05, 0.1) is 24.0 Å². The Morgan fingerprint density at radius 3 is 2.96 bits per heavy atom. The number of likely N-dealkylation sites (tertiary alicyclic amines) is 1. The zero-order valence-corrected chi connectivity index (χ0v) is 14.4. The largest absolute Gasteiger partial charge is 0.492 e. The van der Waals surface area contributed by atoms with Crippen LogP contribution in [0, 0.1) is 0 Å². The molecule has 1 aliphatic carbocycles. The molecule has 0 spiro atoms. The number of nitrogens with one attached hydrogen (secondary N) is 1. The molecule has 132 valence electrons. The molecule has 1 N–H and O–H groups in total. The van der Waals surface area contributed by atoms with Crippen molar-refractivity contribution in [2.45, 2.75) is 38.1 Å². The van der Waals surface area contributed by atoms with Crippen molar-refractivity contribution >= 4 is 11.7 Å². The number of anilines is 1. The summed E-state index contributed by atoms with van der Waals surface area (Å²) in [6.07, 6.45) is 5.39. The molecule has 1 saturated heterocycles. The van der Waals surface area contributed by atoms with Gasteiger partial charge >= 0.3 is 6.03 Å². The van der Waals surface area contributed by atoms with E-state index in [1.165, 1.54) is 12.8 Å². The molecular weight excluding hydrogens is 318 g/mol. The average molecular weight is 341 g/mol. The van der Waals surface area contributed by atoms with Crippen LogP contribution in [-0.4, -0.2) is 45.6 Å². The van der Waals surface area contributed by atoms with Crippen LogP contribution < -0.4 is 10.1 Å². The molecule has 2 heterocycles. The molecule has 2 fully saturated rings. The Balaban J connectivity index is 1.38. The van der Waals surface area contributed by atoms with Crippen LogP contribution in [0.5, 0.6) is 5.75 Å². The minimum Gasteiger partial charge on any atom is -0.492 e. The minimum absolute atomic E-state index is 0.0998. The van der Waals surface area contributed by atoms with Crippen LogP contribution in [0.4, 0.5) is 10.5 Å². The Hall–Kier alpha value is -2.57. The van der Waals surface area contributed by atoms with Gasteiger partial charge in [0.25, 0.3) is 0 Å². The highest BCUT2D eigenvalue weighted by Gasteiger charge is 2.31. The first-order chi connectivity index (χ1) is 12.2. The number of hydrogen-bond donors (Lipinski definition) is 1. The van der Waals surface area contributed by atoms with E-state index in [2.05, 4.69) is 15.6 Å². The van der Waals surface area contributed by atoms with E-state index in [9.17, 15) is 4.79 Å². The van der Waals surface area contributed by atoms with Crippen LogP contribution >= 0.6 is 0 Å². The van der Waals surface area contributed by atoms with E-state index in [4.69, 9.17) is 4.74 Å². The molecule has 0 bridgehead atoms. The van der Waals surface area contributed by atoms with E-state index in [0.29, 0.717) is 37.1 Å². The normalized spacial score (nSPS) is 19.9. The fourth-order valence-electron chi connectivity index (χ4n) is 3.22. The molecule has 4 rings (SSSR count). The summed E-state index contributed by atoms with van der Waals surface area (Å²) in [6.45, 7) is 3.86. The molecule has 1 aromatic heterocycles. The van der Waals surface area contributed by atoms with E-state index in [0.717, 1.165) is 12.1 Å². The lowest BCUT2D eigenvalue weighted by Gasteiger charge is -2.18. The summed E-state index contributed by atoms with van der Waals surface area (Å²) in [6, 6.07) is 7.61. The Morgan fingerprint density at radius 2 is 2.16 bits per heavy atom. The Kier molecular flexibility index (Phi) is 4.29. The van der Waals surface area contributed by atoms with Crippen molar-refractivity contribution in [2.24, 2.45) is 0 Å². The Labute approximate surface area is 147 Å². The van der Waals surface area contributed by atoms with Crippen molar-refractivity contribution in [1.29, 1.82) is 0 Å². The topological polar surface area (TPSA) is 72.3 Å². The second kappa shape index (κ2) is 6.74. The molecule has 1 aromatic carbocycles. The average Bonchev–Trinajstić information content (AvgIpc) is 3.15. The summed E-state index contributed by atoms with van der Waals surface area (Å²) in [7, 11) is 0. The van der Waals surface area contributed by atoms with Gasteiger partial charge in [-0.3, -0.25) is 0 Å². The molecule has 1 atom stereocenters. The smallest absolute Gasteiger partial charge is 0.322 e. The third-order valence-electron chi connectivity index (χ3n) is 4.78. The third-order valence-corrected chi connectivity index (χ3v) is 4.78. The Bertz CT molecular complexity index is 755. The number of hydrogen-bond acceptors (Lipinski definition) is 4. The molecular formula is C18H23N5O2. The van der Waals surface area contributed by atoms with Gasteiger partial charge in [0.1, 0.15) is 5.75 Å². The van der Waals surface area contributed by atoms with E-state index >= 15 is 0 Å². The molecule has 7 nitrogen and oxygen atoms in total. The number of amides is 2. The monoisotopic (exact) mass is 341 g/mol. The van der Waals surface area contributed by atoms with Gasteiger partial charge in [-0.15, -0.1) is 5.10 Å². The second-order valence-corrected chi connectivity index (χ2v) is 6.65. The van der Waals surface area contributed by atoms with Crippen LogP contribution in [0.3, 0.4) is 0 Å². The molecule has 0 radical (unpaired) electrons. The first-order valence-electron chi connectivity index (χ1n) is 8.94. The number of benzene rings is 1. The van der Waals surface area contributed by atoms with E-state index < -0.39 is 0 Å². The maximum absolute atomic E-state index is 12.6. The van der Waals surface area contributed by atoms with Crippen LogP contribution in [0.15, 0.2) is 30.5 Å². The zero-order chi connectivity index (χ0) is 17.2. The molecule has 1 aliphatic heterocycles. The maximum atomic E-state index is 12.6. The van der Waals surface area contributed by atoms with Crippen molar-refractivity contribution in [3.8, 4) is 5.75 Å². The summed E-state index contributed by atoms with van der Waals surface area (Å²) < 4.78 is 7.49. The fraction of sp³-hybridized carbons (Fsp3) is 0.500. The van der Waals surface area contributed by atoms with Gasteiger partial charge in [0.2, 0.25) is 0 Å². The van der Waals surface area contributed by atoms with Crippen LogP contribution in [0.2, 0.25) is 0 Å². The number of urea groups is 1. The summed E-state index contributed by atoms with van der Waals surface area (Å²) in [4.78, 5) is 14.4. The number of carbonyl (C=O) groups excluding carboxylic acids is 1. The lowest BCUT2D eigenvalue weighted by atomic mass is 10.2. The maximum Gasteiger partial charge on any atom is 0.322 e. The lowest BCUT2D eigenvalue weighted by molar-refractivity contribution is 0.220. The molecule has 2 aromatic rings. The van der Waals surface area contributed by atoms with Gasteiger partial charge in [-0.1, -0.05) is 17.3 Å². The highest BCUT2D eigenvalue weighted by molar-refractivity contribution is 5.91. The van der Waals surface area contributed by atoms with Crippen LogP contribution in [0.1, 0.15) is 43.8 Å². The van der Waals surface area contributed by atoms with Crippen molar-refractivity contribution in [2.75, 3.05) is 25.0 Å². The van der Waals surface area contributed by atoms with E-state index in [1.807, 2.05) is 47.0 Å². The van der Waals surface area contributed by atoms with Crippen molar-refractivity contribution in [1.82, 2.24) is 19.9 Å². The molecule has 1 saturated carbocycles. The van der Waals surface area contributed by atoms with Crippen molar-refractivity contribution < 1.29 is 9.53 Å². The summed E-state index contributed by atoms with van der Waals surface area (Å²) in [5, 5.41) is 11.5. The standard InChI is InChI=1S/C18H23N5O2/c1-2-25-17-6-4-3-5-15(17)19-18(24)22-10-9-14(11-22)23-12-16(20-21-23)13-7-8-13/h3-6,12-14H,2,7-11H2,1H3,(H,19,24). The van der Waals surface area contributed by atoms with Crippen LogP contribution in [0.25, 0.3) is 0 Å². The second-order valence-electron chi connectivity index (χ2n) is 6.65. The lowest BCUT2D eigenvalue weighted by Crippen LogP contribution is -2.33. The number of rotatable bonds is 5. The van der Waals surface area contributed by atoms with E-state index in [-0.39, 0.29) is 12.1 Å². The predicted octanol–water partition coefficient (Wildman–Crippen LogP) is 3.03. The van der Waals surface area contributed by atoms with Gasteiger partial charge < -0.3 is 15.0 Å².